The molecule has 2 N–H and O–H groups in total. The summed E-state index contributed by atoms with van der Waals surface area (Å²) in [6.45, 7) is 0. The van der Waals surface area contributed by atoms with Crippen molar-refractivity contribution in [2.45, 2.75) is 31.3 Å². The van der Waals surface area contributed by atoms with E-state index in [1.54, 1.807) is 19.4 Å². The van der Waals surface area contributed by atoms with E-state index in [0.717, 1.165) is 18.4 Å². The summed E-state index contributed by atoms with van der Waals surface area (Å²) in [5.74, 6) is 0.538. The van der Waals surface area contributed by atoms with Gasteiger partial charge in [0.25, 0.3) is 0 Å². The Labute approximate surface area is 146 Å². The number of fused-ring (bicyclic) bond motifs is 1. The average molecular weight is 346 g/mol. The number of carboxylic acid groups (broad SMARTS) is 1. The van der Waals surface area contributed by atoms with Gasteiger partial charge in [0, 0.05) is 11.8 Å². The Bertz CT molecular complexity index is 702. The predicted molar refractivity (Wildman–Crippen MR) is 95.5 cm³/mol. The van der Waals surface area contributed by atoms with Gasteiger partial charge < -0.3 is 15.2 Å². The van der Waals surface area contributed by atoms with Crippen LogP contribution in [-0.2, 0) is 23.2 Å². The molecule has 5 nitrogen and oxygen atoms in total. The fourth-order valence-corrected chi connectivity index (χ4v) is 4.07. The van der Waals surface area contributed by atoms with Crippen molar-refractivity contribution in [1.82, 2.24) is 9.62 Å². The highest BCUT2D eigenvalue weighted by Gasteiger charge is 2.42. The number of ether oxygens (including phenoxy) is 1. The van der Waals surface area contributed by atoms with E-state index >= 15 is 0 Å². The number of nitrogens with zero attached hydrogens (tertiary/aromatic N) is 1. The normalized spacial score (nSPS) is 22.2. The van der Waals surface area contributed by atoms with Crippen molar-refractivity contribution < 1.29 is 14.6 Å². The number of hydrogen-bond donors (Lipinski definition) is 2. The van der Waals surface area contributed by atoms with Crippen LogP contribution < -0.4 is 5.32 Å². The Morgan fingerprint density at radius 3 is 2.75 bits per heavy atom. The molecule has 0 radical (unpaired) electrons. The molecule has 0 fully saturated rings. The van der Waals surface area contributed by atoms with Crippen molar-refractivity contribution >= 4 is 18.0 Å². The number of benzene rings is 1. The number of nitrogens with one attached hydrogen (secondary N) is 1. The number of allylic oxidation sites excluding steroid dienone is 2. The number of amides is 1. The van der Waals surface area contributed by atoms with E-state index in [2.05, 4.69) is 17.4 Å². The third kappa shape index (κ3) is 2.86. The van der Waals surface area contributed by atoms with E-state index in [0.29, 0.717) is 5.88 Å². The smallest absolute Gasteiger partial charge is 0.420 e. The molecule has 3 rings (SSSR count). The number of aryl methyl sites for hydroxylation is 2. The third-order valence-electron chi connectivity index (χ3n) is 4.58. The topological polar surface area (TPSA) is 61.8 Å². The summed E-state index contributed by atoms with van der Waals surface area (Å²) < 4.78 is 6.64. The first-order valence-corrected chi connectivity index (χ1v) is 9.20. The van der Waals surface area contributed by atoms with Gasteiger partial charge in [-0.25, -0.2) is 9.10 Å². The average Bonchev–Trinajstić information content (AvgIpc) is 2.61. The molecule has 1 amide bonds. The second-order valence-corrected chi connectivity index (χ2v) is 6.67. The number of carbonyl (C=O) groups is 1. The highest BCUT2D eigenvalue weighted by molar-refractivity contribution is 7.96. The van der Waals surface area contributed by atoms with Crippen molar-refractivity contribution in [1.29, 1.82) is 0 Å². The van der Waals surface area contributed by atoms with Crippen LogP contribution in [0.3, 0.4) is 0 Å². The largest absolute Gasteiger partial charge is 0.482 e. The van der Waals surface area contributed by atoms with E-state index in [4.69, 9.17) is 4.74 Å². The maximum atomic E-state index is 11.9. The molecule has 1 aromatic carbocycles. The Morgan fingerprint density at radius 2 is 2.08 bits per heavy atom. The monoisotopic (exact) mass is 346 g/mol. The van der Waals surface area contributed by atoms with Crippen molar-refractivity contribution in [3.05, 3.63) is 59.0 Å². The van der Waals surface area contributed by atoms with Crippen molar-refractivity contribution in [3.8, 4) is 0 Å². The number of rotatable bonds is 4. The molecule has 2 aliphatic rings. The predicted octanol–water partition coefficient (Wildman–Crippen LogP) is 3.62. The first kappa shape index (κ1) is 16.8. The number of hydrogen-bond acceptors (Lipinski definition) is 4. The van der Waals surface area contributed by atoms with Gasteiger partial charge in [-0.1, -0.05) is 24.3 Å². The van der Waals surface area contributed by atoms with Crippen LogP contribution in [-0.4, -0.2) is 28.9 Å². The second-order valence-electron chi connectivity index (χ2n) is 5.94. The minimum absolute atomic E-state index is 0.538. The quantitative estimate of drug-likeness (QED) is 0.815. The zero-order chi connectivity index (χ0) is 17.2. The summed E-state index contributed by atoms with van der Waals surface area (Å²) in [6.07, 6.45) is 10.8. The summed E-state index contributed by atoms with van der Waals surface area (Å²) in [7, 11) is 1.57. The Kier molecular flexibility index (Phi) is 4.76. The molecule has 128 valence electrons. The van der Waals surface area contributed by atoms with Crippen LogP contribution in [0.4, 0.5) is 4.79 Å². The van der Waals surface area contributed by atoms with Gasteiger partial charge in [-0.3, -0.25) is 0 Å². The number of methoxy groups -OCH3 is 1. The molecule has 1 atom stereocenters. The first-order chi connectivity index (χ1) is 11.6. The summed E-state index contributed by atoms with van der Waals surface area (Å²) in [5, 5.41) is 13.0. The second kappa shape index (κ2) is 6.81. The standard InChI is InChI=1S/C18H22N2O3S/c1-23-16-8-5-11-18(19-16,20(24-2)17(21)22)15-10-9-13-6-3-4-7-14(13)12-15/h5,8-12,19H,3-4,6-7H2,1-2H3,(H,21,22). The Balaban J connectivity index is 2.10. The lowest BCUT2D eigenvalue weighted by Gasteiger charge is -2.42. The van der Waals surface area contributed by atoms with Crippen molar-refractivity contribution in [2.75, 3.05) is 13.4 Å². The minimum Gasteiger partial charge on any atom is -0.482 e. The minimum atomic E-state index is -1.00. The van der Waals surface area contributed by atoms with Crippen LogP contribution in [0.25, 0.3) is 0 Å². The molecule has 0 bridgehead atoms. The molecule has 24 heavy (non-hydrogen) atoms. The number of dihydropyridines is 1. The van der Waals surface area contributed by atoms with E-state index in [1.165, 1.54) is 40.2 Å². The zero-order valence-electron chi connectivity index (χ0n) is 13.9. The zero-order valence-corrected chi connectivity index (χ0v) is 14.7. The van der Waals surface area contributed by atoms with Crippen LogP contribution >= 0.6 is 11.9 Å². The lowest BCUT2D eigenvalue weighted by Crippen LogP contribution is -2.54. The molecular formula is C18H22N2O3S. The molecule has 1 heterocycles. The van der Waals surface area contributed by atoms with Crippen LogP contribution in [0, 0.1) is 0 Å². The van der Waals surface area contributed by atoms with E-state index in [9.17, 15) is 9.90 Å². The summed E-state index contributed by atoms with van der Waals surface area (Å²) >= 11 is 1.17. The maximum Gasteiger partial charge on any atom is 0.420 e. The Hall–Kier alpha value is -2.08. The maximum absolute atomic E-state index is 11.9. The van der Waals surface area contributed by atoms with Gasteiger partial charge in [-0.2, -0.15) is 0 Å². The van der Waals surface area contributed by atoms with Gasteiger partial charge in [0.05, 0.1) is 7.11 Å². The van der Waals surface area contributed by atoms with Gasteiger partial charge in [-0.05, 0) is 60.9 Å². The summed E-state index contributed by atoms with van der Waals surface area (Å²) in [5.41, 5.74) is 2.60. The highest BCUT2D eigenvalue weighted by atomic mass is 32.2. The molecule has 1 aliphatic heterocycles. The van der Waals surface area contributed by atoms with Gasteiger partial charge in [0.1, 0.15) is 0 Å². The molecule has 1 unspecified atom stereocenters. The molecule has 0 saturated carbocycles. The van der Waals surface area contributed by atoms with E-state index < -0.39 is 11.8 Å². The fourth-order valence-electron chi connectivity index (χ4n) is 3.41. The van der Waals surface area contributed by atoms with Crippen LogP contribution in [0.2, 0.25) is 0 Å². The first-order valence-electron chi connectivity index (χ1n) is 8.02. The molecule has 6 heteroatoms. The Morgan fingerprint density at radius 1 is 1.33 bits per heavy atom. The fraction of sp³-hybridized carbons (Fsp3) is 0.389. The molecule has 1 aliphatic carbocycles. The van der Waals surface area contributed by atoms with Crippen LogP contribution in [0.5, 0.6) is 0 Å². The van der Waals surface area contributed by atoms with Crippen molar-refractivity contribution in [2.24, 2.45) is 0 Å². The van der Waals surface area contributed by atoms with Crippen LogP contribution in [0.1, 0.15) is 29.5 Å². The van der Waals surface area contributed by atoms with Gasteiger partial charge in [0.2, 0.25) is 0 Å². The third-order valence-corrected chi connectivity index (χ3v) is 5.39. The molecule has 0 spiro atoms. The summed E-state index contributed by atoms with van der Waals surface area (Å²) in [4.78, 5) is 11.9. The highest BCUT2D eigenvalue weighted by Crippen LogP contribution is 2.37. The SMILES string of the molecule is COC1=CC=CC(c2ccc3c(c2)CCCC3)(N(SC)C(=O)O)N1. The summed E-state index contributed by atoms with van der Waals surface area (Å²) in [6, 6.07) is 6.29. The molecular weight excluding hydrogens is 324 g/mol. The lowest BCUT2D eigenvalue weighted by molar-refractivity contribution is 0.125. The van der Waals surface area contributed by atoms with Gasteiger partial charge in [-0.15, -0.1) is 0 Å². The molecule has 1 aromatic rings. The van der Waals surface area contributed by atoms with Crippen molar-refractivity contribution in [3.63, 3.8) is 0 Å². The molecule has 0 aromatic heterocycles. The van der Waals surface area contributed by atoms with Gasteiger partial charge >= 0.3 is 6.09 Å². The van der Waals surface area contributed by atoms with E-state index in [-0.39, 0.29) is 0 Å². The van der Waals surface area contributed by atoms with E-state index in [1.807, 2.05) is 18.2 Å². The molecule has 0 saturated heterocycles. The van der Waals surface area contributed by atoms with Gasteiger partial charge in [0.15, 0.2) is 11.5 Å². The van der Waals surface area contributed by atoms with Crippen LogP contribution in [0.15, 0.2) is 42.3 Å². The lowest BCUT2D eigenvalue weighted by atomic mass is 9.87.